The second-order valence-corrected chi connectivity index (χ2v) is 4.96. The van der Waals surface area contributed by atoms with Gasteiger partial charge in [0.2, 0.25) is 0 Å². The first-order valence-electron chi connectivity index (χ1n) is 6.19. The van der Waals surface area contributed by atoms with Crippen molar-refractivity contribution in [1.29, 1.82) is 0 Å². The summed E-state index contributed by atoms with van der Waals surface area (Å²) >= 11 is 0. The molecule has 0 aromatic rings. The van der Waals surface area contributed by atoms with E-state index in [4.69, 9.17) is 22.6 Å². The van der Waals surface area contributed by atoms with Crippen LogP contribution in [-0.2, 0) is 15.2 Å². The van der Waals surface area contributed by atoms with Gasteiger partial charge in [-0.15, -0.1) is 0 Å². The number of carboxylic acids is 1. The molecular formula is C11H25NaO6S. The molecule has 0 aromatic carbocycles. The van der Waals surface area contributed by atoms with Crippen LogP contribution in [0.5, 0.6) is 0 Å². The zero-order chi connectivity index (χ0) is 14.4. The third-order valence-electron chi connectivity index (χ3n) is 2.24. The quantitative estimate of drug-likeness (QED) is 0.342. The van der Waals surface area contributed by atoms with Gasteiger partial charge in [-0.3, -0.25) is 13.9 Å². The van der Waals surface area contributed by atoms with Crippen molar-refractivity contribution in [3.8, 4) is 0 Å². The van der Waals surface area contributed by atoms with Gasteiger partial charge in [0.1, 0.15) is 0 Å². The van der Waals surface area contributed by atoms with E-state index in [1.165, 1.54) is 38.5 Å². The summed E-state index contributed by atoms with van der Waals surface area (Å²) in [6, 6.07) is 0. The number of aliphatic carboxylic acids is 1. The maximum absolute atomic E-state index is 10.2. The monoisotopic (exact) mass is 308 g/mol. The first-order chi connectivity index (χ1) is 8.27. The van der Waals surface area contributed by atoms with E-state index in [0.717, 1.165) is 12.8 Å². The number of hydrogen-bond donors (Lipinski definition) is 3. The molecule has 0 spiro atoms. The van der Waals surface area contributed by atoms with Gasteiger partial charge in [0.05, 0.1) is 0 Å². The predicted octanol–water partition coefficient (Wildman–Crippen LogP) is 2.30. The van der Waals surface area contributed by atoms with Crippen LogP contribution in [0.4, 0.5) is 0 Å². The standard InChI is InChI=1S/C11H22O2.Na.H2O4S.H/c1-2-3-4-5-6-7-8-9-10-11(12)13;;1-5(2,3)4;/h2-10H2,1H3,(H,12,13);;(H2,1,2,3,4);. The normalized spacial score (nSPS) is 10.1. The SMILES string of the molecule is CCCCCCCCCCC(=O)O.O=S(=O)(O)O.[NaH]. The van der Waals surface area contributed by atoms with Crippen molar-refractivity contribution in [2.24, 2.45) is 0 Å². The van der Waals surface area contributed by atoms with Crippen LogP contribution >= 0.6 is 0 Å². The Morgan fingerprint density at radius 1 is 0.895 bits per heavy atom. The van der Waals surface area contributed by atoms with E-state index in [-0.39, 0.29) is 29.6 Å². The molecule has 0 aromatic heterocycles. The van der Waals surface area contributed by atoms with Gasteiger partial charge in [0.15, 0.2) is 0 Å². The van der Waals surface area contributed by atoms with Crippen LogP contribution in [0.1, 0.15) is 64.7 Å². The van der Waals surface area contributed by atoms with Gasteiger partial charge in [-0.1, -0.05) is 51.9 Å². The van der Waals surface area contributed by atoms with Crippen LogP contribution in [0.3, 0.4) is 0 Å². The molecular weight excluding hydrogens is 283 g/mol. The molecule has 0 atom stereocenters. The Balaban J connectivity index is -0.000000366. The second kappa shape index (κ2) is 16.4. The van der Waals surface area contributed by atoms with Gasteiger partial charge in [0, 0.05) is 6.42 Å². The van der Waals surface area contributed by atoms with Gasteiger partial charge in [0.25, 0.3) is 0 Å². The minimum absolute atomic E-state index is 0. The Morgan fingerprint density at radius 2 is 1.21 bits per heavy atom. The van der Waals surface area contributed by atoms with E-state index in [0.29, 0.717) is 6.42 Å². The van der Waals surface area contributed by atoms with Crippen LogP contribution in [0.15, 0.2) is 0 Å². The molecule has 0 bridgehead atoms. The van der Waals surface area contributed by atoms with E-state index in [1.807, 2.05) is 0 Å². The summed E-state index contributed by atoms with van der Waals surface area (Å²) in [5, 5.41) is 8.39. The fourth-order valence-electron chi connectivity index (χ4n) is 1.41. The van der Waals surface area contributed by atoms with Gasteiger partial charge in [-0.25, -0.2) is 0 Å². The first kappa shape index (κ1) is 24.4. The van der Waals surface area contributed by atoms with E-state index in [9.17, 15) is 4.79 Å². The predicted molar refractivity (Wildman–Crippen MR) is 76.2 cm³/mol. The molecule has 0 amide bonds. The summed E-state index contributed by atoms with van der Waals surface area (Å²) in [7, 11) is -4.67. The number of carboxylic acid groups (broad SMARTS) is 1. The van der Waals surface area contributed by atoms with Crippen molar-refractivity contribution in [3.63, 3.8) is 0 Å². The summed E-state index contributed by atoms with van der Waals surface area (Å²) in [5.74, 6) is -0.661. The first-order valence-corrected chi connectivity index (χ1v) is 7.58. The summed E-state index contributed by atoms with van der Waals surface area (Å²) in [5.41, 5.74) is 0. The van der Waals surface area contributed by atoms with Crippen molar-refractivity contribution in [3.05, 3.63) is 0 Å². The van der Waals surface area contributed by atoms with Crippen molar-refractivity contribution in [1.82, 2.24) is 0 Å². The molecule has 8 heteroatoms. The summed E-state index contributed by atoms with van der Waals surface area (Å²) < 4.78 is 31.6. The zero-order valence-corrected chi connectivity index (χ0v) is 11.7. The molecule has 0 aliphatic heterocycles. The fourth-order valence-corrected chi connectivity index (χ4v) is 1.41. The third-order valence-corrected chi connectivity index (χ3v) is 2.24. The third kappa shape index (κ3) is 45.8. The van der Waals surface area contributed by atoms with Gasteiger partial charge < -0.3 is 5.11 Å². The average Bonchev–Trinajstić information content (AvgIpc) is 2.19. The molecule has 0 radical (unpaired) electrons. The fraction of sp³-hybridized carbons (Fsp3) is 0.909. The Kier molecular flexibility index (Phi) is 21.0. The number of hydrogen-bond acceptors (Lipinski definition) is 3. The number of carbonyl (C=O) groups is 1. The van der Waals surface area contributed by atoms with Gasteiger partial charge >= 0.3 is 45.9 Å². The molecule has 0 aliphatic carbocycles. The summed E-state index contributed by atoms with van der Waals surface area (Å²) in [4.78, 5) is 10.2. The Bertz CT molecular complexity index is 284. The molecule has 0 aliphatic rings. The Labute approximate surface area is 137 Å². The van der Waals surface area contributed by atoms with Crippen LogP contribution in [0, 0.1) is 0 Å². The Hall–Kier alpha value is 0.340. The van der Waals surface area contributed by atoms with E-state index < -0.39 is 16.4 Å². The molecule has 3 N–H and O–H groups in total. The molecule has 0 saturated carbocycles. The molecule has 19 heavy (non-hydrogen) atoms. The van der Waals surface area contributed by atoms with Crippen LogP contribution in [0.2, 0.25) is 0 Å². The summed E-state index contributed by atoms with van der Waals surface area (Å²) in [6.45, 7) is 2.22. The van der Waals surface area contributed by atoms with Crippen molar-refractivity contribution >= 4 is 45.9 Å². The molecule has 6 nitrogen and oxygen atoms in total. The Morgan fingerprint density at radius 3 is 1.53 bits per heavy atom. The van der Waals surface area contributed by atoms with Crippen molar-refractivity contribution in [2.45, 2.75) is 64.7 Å². The zero-order valence-electron chi connectivity index (χ0n) is 10.8. The maximum atomic E-state index is 10.2. The molecule has 0 rings (SSSR count). The molecule has 0 unspecified atom stereocenters. The van der Waals surface area contributed by atoms with Crippen LogP contribution in [0.25, 0.3) is 0 Å². The van der Waals surface area contributed by atoms with Crippen molar-refractivity contribution < 1.29 is 27.4 Å². The van der Waals surface area contributed by atoms with E-state index >= 15 is 0 Å². The molecule has 112 valence electrons. The minimum atomic E-state index is -4.67. The van der Waals surface area contributed by atoms with Gasteiger partial charge in [-0.05, 0) is 6.42 Å². The van der Waals surface area contributed by atoms with Crippen LogP contribution < -0.4 is 0 Å². The van der Waals surface area contributed by atoms with E-state index in [1.54, 1.807) is 0 Å². The number of unbranched alkanes of at least 4 members (excludes halogenated alkanes) is 7. The van der Waals surface area contributed by atoms with Crippen molar-refractivity contribution in [2.75, 3.05) is 0 Å². The molecule has 0 saturated heterocycles. The average molecular weight is 308 g/mol. The second-order valence-electron chi connectivity index (χ2n) is 4.07. The van der Waals surface area contributed by atoms with Gasteiger partial charge in [-0.2, -0.15) is 8.42 Å². The molecule has 0 heterocycles. The van der Waals surface area contributed by atoms with Crippen LogP contribution in [-0.4, -0.2) is 58.2 Å². The topological polar surface area (TPSA) is 112 Å². The molecule has 0 fully saturated rings. The van der Waals surface area contributed by atoms with E-state index in [2.05, 4.69) is 6.92 Å². The number of rotatable bonds is 9. The summed E-state index contributed by atoms with van der Waals surface area (Å²) in [6.07, 6.45) is 10.1.